The molecule has 1 aromatic rings. The number of carbonyl (C=O) groups excluding carboxylic acids is 2. The third kappa shape index (κ3) is 7.66. The largest absolute Gasteiger partial charge is 0.494 e. The highest BCUT2D eigenvalue weighted by molar-refractivity contribution is 7.89. The summed E-state index contributed by atoms with van der Waals surface area (Å²) in [6.07, 6.45) is 4.12. The number of nitrogens with one attached hydrogen (secondary N) is 2. The van der Waals surface area contributed by atoms with Gasteiger partial charge in [-0.3, -0.25) is 9.59 Å². The zero-order valence-corrected chi connectivity index (χ0v) is 17.8. The fraction of sp³-hybridized carbons (Fsp3) is 0.600. The third-order valence-electron chi connectivity index (χ3n) is 4.89. The molecule has 2 unspecified atom stereocenters. The highest BCUT2D eigenvalue weighted by Crippen LogP contribution is 2.23. The predicted molar refractivity (Wildman–Crippen MR) is 108 cm³/mol. The van der Waals surface area contributed by atoms with Crippen LogP contribution in [0.5, 0.6) is 5.75 Å². The summed E-state index contributed by atoms with van der Waals surface area (Å²) in [5.41, 5.74) is 0. The van der Waals surface area contributed by atoms with Crippen LogP contribution in [0, 0.1) is 5.92 Å². The highest BCUT2D eigenvalue weighted by Gasteiger charge is 2.23. The molecule has 2 N–H and O–H groups in total. The molecule has 1 saturated carbocycles. The Hall–Kier alpha value is -2.13. The maximum absolute atomic E-state index is 12.2. The van der Waals surface area contributed by atoms with Gasteiger partial charge in [0.25, 0.3) is 5.91 Å². The number of ether oxygens (including phenoxy) is 2. The molecule has 0 heterocycles. The van der Waals surface area contributed by atoms with Crippen molar-refractivity contribution in [3.63, 3.8) is 0 Å². The van der Waals surface area contributed by atoms with Crippen LogP contribution < -0.4 is 14.8 Å². The molecule has 1 aliphatic rings. The molecule has 0 bridgehead atoms. The van der Waals surface area contributed by atoms with Crippen LogP contribution in [0.3, 0.4) is 0 Å². The lowest BCUT2D eigenvalue weighted by molar-refractivity contribution is -0.148. The van der Waals surface area contributed by atoms with E-state index in [1.807, 2.05) is 6.92 Å². The first-order valence-electron chi connectivity index (χ1n) is 9.99. The van der Waals surface area contributed by atoms with Crippen LogP contribution in [0.25, 0.3) is 0 Å². The molecule has 0 spiro atoms. The smallest absolute Gasteiger partial charge is 0.307 e. The molecule has 0 aromatic heterocycles. The van der Waals surface area contributed by atoms with E-state index in [2.05, 4.69) is 17.0 Å². The maximum atomic E-state index is 12.2. The molecular weight excluding hydrogens is 396 g/mol. The van der Waals surface area contributed by atoms with Crippen molar-refractivity contribution in [1.82, 2.24) is 10.0 Å². The Kier molecular flexibility index (Phi) is 8.91. The molecule has 8 nitrogen and oxygen atoms in total. The Morgan fingerprint density at radius 1 is 1.14 bits per heavy atom. The zero-order chi connectivity index (χ0) is 21.3. The number of sulfonamides is 1. The van der Waals surface area contributed by atoms with E-state index < -0.39 is 16.0 Å². The normalized spacial score (nSPS) is 19.4. The van der Waals surface area contributed by atoms with Crippen molar-refractivity contribution in [3.05, 3.63) is 24.3 Å². The molecular formula is C20H30N2O6S. The summed E-state index contributed by atoms with van der Waals surface area (Å²) in [6, 6.07) is 6.12. The van der Waals surface area contributed by atoms with E-state index in [4.69, 9.17) is 9.47 Å². The minimum atomic E-state index is -3.74. The van der Waals surface area contributed by atoms with Gasteiger partial charge in [0, 0.05) is 12.6 Å². The Morgan fingerprint density at radius 2 is 1.83 bits per heavy atom. The Morgan fingerprint density at radius 3 is 2.48 bits per heavy atom. The molecule has 1 aliphatic carbocycles. The number of benzene rings is 1. The number of rotatable bonds is 10. The predicted octanol–water partition coefficient (Wildman–Crippen LogP) is 1.99. The lowest BCUT2D eigenvalue weighted by Crippen LogP contribution is -2.43. The van der Waals surface area contributed by atoms with Crippen molar-refractivity contribution in [2.24, 2.45) is 5.92 Å². The van der Waals surface area contributed by atoms with E-state index >= 15 is 0 Å². The molecule has 1 fully saturated rings. The average molecular weight is 427 g/mol. The summed E-state index contributed by atoms with van der Waals surface area (Å²) < 4.78 is 37.0. The first kappa shape index (κ1) is 23.2. The van der Waals surface area contributed by atoms with Gasteiger partial charge in [0.1, 0.15) is 5.75 Å². The fourth-order valence-electron chi connectivity index (χ4n) is 3.25. The van der Waals surface area contributed by atoms with Gasteiger partial charge in [0.15, 0.2) is 6.61 Å². The lowest BCUT2D eigenvalue weighted by atomic mass is 9.86. The number of amides is 1. The van der Waals surface area contributed by atoms with E-state index in [1.54, 1.807) is 12.1 Å². The first-order valence-corrected chi connectivity index (χ1v) is 11.5. The number of esters is 1. The van der Waals surface area contributed by atoms with Crippen molar-refractivity contribution in [3.8, 4) is 5.75 Å². The molecule has 29 heavy (non-hydrogen) atoms. The van der Waals surface area contributed by atoms with Gasteiger partial charge < -0.3 is 14.8 Å². The minimum Gasteiger partial charge on any atom is -0.494 e. The van der Waals surface area contributed by atoms with Gasteiger partial charge in [0.05, 0.1) is 17.9 Å². The molecule has 1 amide bonds. The van der Waals surface area contributed by atoms with E-state index in [0.29, 0.717) is 18.3 Å². The SMILES string of the molecule is CCOc1ccc(S(=O)(=O)NCCC(=O)OCC(=O)NC2CCCCC2C)cc1. The second-order valence-corrected chi connectivity index (χ2v) is 8.92. The van der Waals surface area contributed by atoms with Crippen LogP contribution >= 0.6 is 0 Å². The molecule has 2 rings (SSSR count). The highest BCUT2D eigenvalue weighted by atomic mass is 32.2. The molecule has 9 heteroatoms. The van der Waals surface area contributed by atoms with Crippen LogP contribution in [0.2, 0.25) is 0 Å². The summed E-state index contributed by atoms with van der Waals surface area (Å²) in [7, 11) is -3.74. The summed E-state index contributed by atoms with van der Waals surface area (Å²) in [4.78, 5) is 23.8. The zero-order valence-electron chi connectivity index (χ0n) is 17.0. The van der Waals surface area contributed by atoms with Crippen molar-refractivity contribution in [1.29, 1.82) is 0 Å². The van der Waals surface area contributed by atoms with Crippen LogP contribution in [0.15, 0.2) is 29.2 Å². The molecule has 0 radical (unpaired) electrons. The molecule has 0 aliphatic heterocycles. The molecule has 162 valence electrons. The van der Waals surface area contributed by atoms with Gasteiger partial charge in [-0.2, -0.15) is 0 Å². The molecule has 2 atom stereocenters. The van der Waals surface area contributed by atoms with E-state index in [9.17, 15) is 18.0 Å². The summed E-state index contributed by atoms with van der Waals surface area (Å²) >= 11 is 0. The monoisotopic (exact) mass is 426 g/mol. The van der Waals surface area contributed by atoms with Crippen molar-refractivity contribution in [2.45, 2.75) is 56.9 Å². The van der Waals surface area contributed by atoms with Crippen LogP contribution in [-0.2, 0) is 24.3 Å². The average Bonchev–Trinajstić information content (AvgIpc) is 2.69. The van der Waals surface area contributed by atoms with Gasteiger partial charge in [-0.05, 0) is 49.9 Å². The number of carbonyl (C=O) groups is 2. The van der Waals surface area contributed by atoms with Crippen molar-refractivity contribution >= 4 is 21.9 Å². The van der Waals surface area contributed by atoms with Gasteiger partial charge in [0.2, 0.25) is 10.0 Å². The van der Waals surface area contributed by atoms with E-state index in [-0.39, 0.29) is 36.4 Å². The Labute approximate surface area is 172 Å². The van der Waals surface area contributed by atoms with E-state index in [1.165, 1.54) is 18.6 Å². The van der Waals surface area contributed by atoms with Crippen molar-refractivity contribution in [2.75, 3.05) is 19.8 Å². The number of hydrogen-bond acceptors (Lipinski definition) is 6. The topological polar surface area (TPSA) is 111 Å². The third-order valence-corrected chi connectivity index (χ3v) is 6.37. The first-order chi connectivity index (χ1) is 13.8. The lowest BCUT2D eigenvalue weighted by Gasteiger charge is -2.29. The quantitative estimate of drug-likeness (QED) is 0.554. The maximum Gasteiger partial charge on any atom is 0.307 e. The summed E-state index contributed by atoms with van der Waals surface area (Å²) in [6.45, 7) is 3.96. The van der Waals surface area contributed by atoms with Gasteiger partial charge in [-0.15, -0.1) is 0 Å². The van der Waals surface area contributed by atoms with Crippen LogP contribution in [0.1, 0.15) is 46.0 Å². The van der Waals surface area contributed by atoms with Gasteiger partial charge in [-0.25, -0.2) is 13.1 Å². The second kappa shape index (κ2) is 11.2. The number of hydrogen-bond donors (Lipinski definition) is 2. The molecule has 1 aromatic carbocycles. The summed E-state index contributed by atoms with van der Waals surface area (Å²) in [5, 5.41) is 2.90. The fourth-order valence-corrected chi connectivity index (χ4v) is 4.28. The molecule has 0 saturated heterocycles. The second-order valence-electron chi connectivity index (χ2n) is 7.15. The van der Waals surface area contributed by atoms with E-state index in [0.717, 1.165) is 19.3 Å². The van der Waals surface area contributed by atoms with Crippen LogP contribution in [0.4, 0.5) is 0 Å². The Balaban J connectivity index is 1.69. The minimum absolute atomic E-state index is 0.0790. The van der Waals surface area contributed by atoms with Gasteiger partial charge in [-0.1, -0.05) is 19.8 Å². The Bertz CT molecular complexity index is 779. The summed E-state index contributed by atoms with van der Waals surface area (Å²) in [5.74, 6) is 0.0367. The van der Waals surface area contributed by atoms with Gasteiger partial charge >= 0.3 is 5.97 Å². The van der Waals surface area contributed by atoms with Crippen molar-refractivity contribution < 1.29 is 27.5 Å². The van der Waals surface area contributed by atoms with Crippen LogP contribution in [-0.4, -0.2) is 46.1 Å². The standard InChI is InChI=1S/C20H30N2O6S/c1-3-27-16-8-10-17(11-9-16)29(25,26)21-13-12-20(24)28-14-19(23)22-18-7-5-4-6-15(18)2/h8-11,15,18,21H,3-7,12-14H2,1-2H3,(H,22,23).